The molecule has 144 valence electrons. The molecule has 0 atom stereocenters. The number of anilines is 1. The average molecular weight is 379 g/mol. The number of para-hydroxylation sites is 1. The summed E-state index contributed by atoms with van der Waals surface area (Å²) in [4.78, 5) is 42.9. The number of carbonyl (C=O) groups is 2. The maximum absolute atomic E-state index is 12.0. The molecule has 0 aliphatic rings. The van der Waals surface area contributed by atoms with E-state index in [9.17, 15) is 14.4 Å². The molecule has 0 aliphatic heterocycles. The Labute approximate surface area is 161 Å². The Kier molecular flexibility index (Phi) is 5.84. The molecule has 1 heterocycles. The zero-order valence-corrected chi connectivity index (χ0v) is 15.7. The number of hydrogen-bond acceptors (Lipinski definition) is 5. The van der Waals surface area contributed by atoms with Gasteiger partial charge in [-0.3, -0.25) is 14.4 Å². The molecule has 2 aromatic carbocycles. The number of aryl methyl sites for hydroxylation is 3. The van der Waals surface area contributed by atoms with Crippen LogP contribution in [0.4, 0.5) is 5.69 Å². The van der Waals surface area contributed by atoms with E-state index >= 15 is 0 Å². The third kappa shape index (κ3) is 4.82. The Balaban J connectivity index is 1.50. The molecule has 0 aliphatic carbocycles. The number of rotatable bonds is 6. The number of esters is 1. The number of fused-ring (bicyclic) bond motifs is 1. The summed E-state index contributed by atoms with van der Waals surface area (Å²) in [6, 6.07) is 12.6. The molecular formula is C21H21N3O4. The van der Waals surface area contributed by atoms with Crippen molar-refractivity contribution in [2.75, 3.05) is 11.9 Å². The van der Waals surface area contributed by atoms with Gasteiger partial charge in [-0.15, -0.1) is 0 Å². The highest BCUT2D eigenvalue weighted by Crippen LogP contribution is 2.15. The number of amides is 1. The fourth-order valence-corrected chi connectivity index (χ4v) is 2.83. The summed E-state index contributed by atoms with van der Waals surface area (Å²) in [5.74, 6) is -0.537. The molecule has 0 radical (unpaired) electrons. The van der Waals surface area contributed by atoms with E-state index in [2.05, 4.69) is 15.3 Å². The van der Waals surface area contributed by atoms with Gasteiger partial charge in [-0.2, -0.15) is 0 Å². The number of carbonyl (C=O) groups excluding carboxylic acids is 2. The largest absolute Gasteiger partial charge is 0.456 e. The first kappa shape index (κ1) is 19.3. The first-order chi connectivity index (χ1) is 13.4. The van der Waals surface area contributed by atoms with Crippen molar-refractivity contribution >= 4 is 28.5 Å². The second-order valence-corrected chi connectivity index (χ2v) is 6.56. The zero-order valence-electron chi connectivity index (χ0n) is 15.7. The standard InChI is InChI=1S/C21H21N3O4/c1-13-7-8-16(14(2)11-13)23-19(25)12-28-20(26)10-9-18-22-17-6-4-3-5-15(17)21(27)24-18/h3-8,11H,9-10,12H2,1-2H3,(H,23,25)(H,22,24,27). The maximum atomic E-state index is 12.0. The third-order valence-electron chi connectivity index (χ3n) is 4.25. The lowest BCUT2D eigenvalue weighted by atomic mass is 10.1. The van der Waals surface area contributed by atoms with Crippen LogP contribution < -0.4 is 10.9 Å². The van der Waals surface area contributed by atoms with Gasteiger partial charge in [0.1, 0.15) is 5.82 Å². The van der Waals surface area contributed by atoms with Gasteiger partial charge in [-0.1, -0.05) is 29.8 Å². The Morgan fingerprint density at radius 2 is 1.93 bits per heavy atom. The van der Waals surface area contributed by atoms with Crippen LogP contribution in [0, 0.1) is 13.8 Å². The van der Waals surface area contributed by atoms with Crippen LogP contribution in [0.5, 0.6) is 0 Å². The molecule has 0 saturated heterocycles. The molecule has 3 rings (SSSR count). The van der Waals surface area contributed by atoms with E-state index in [1.165, 1.54) is 0 Å². The highest BCUT2D eigenvalue weighted by Gasteiger charge is 2.11. The summed E-state index contributed by atoms with van der Waals surface area (Å²) in [6.45, 7) is 3.50. The molecule has 1 amide bonds. The molecule has 28 heavy (non-hydrogen) atoms. The summed E-state index contributed by atoms with van der Waals surface area (Å²) in [5, 5.41) is 3.22. The number of ether oxygens (including phenoxy) is 1. The Hall–Kier alpha value is -3.48. The van der Waals surface area contributed by atoms with Gasteiger partial charge in [0.2, 0.25) is 0 Å². The van der Waals surface area contributed by atoms with E-state index in [-0.39, 0.29) is 25.0 Å². The summed E-state index contributed by atoms with van der Waals surface area (Å²) in [7, 11) is 0. The van der Waals surface area contributed by atoms with Gasteiger partial charge in [-0.05, 0) is 37.6 Å². The van der Waals surface area contributed by atoms with Gasteiger partial charge in [0.25, 0.3) is 11.5 Å². The van der Waals surface area contributed by atoms with Gasteiger partial charge >= 0.3 is 5.97 Å². The van der Waals surface area contributed by atoms with Crippen LogP contribution in [0.25, 0.3) is 10.9 Å². The van der Waals surface area contributed by atoms with E-state index < -0.39 is 11.9 Å². The van der Waals surface area contributed by atoms with Gasteiger partial charge in [0, 0.05) is 12.1 Å². The van der Waals surface area contributed by atoms with Crippen molar-refractivity contribution in [1.29, 1.82) is 0 Å². The van der Waals surface area contributed by atoms with Crippen LogP contribution in [-0.2, 0) is 20.7 Å². The normalized spacial score (nSPS) is 10.6. The molecule has 7 nitrogen and oxygen atoms in total. The van der Waals surface area contributed by atoms with E-state index in [1.54, 1.807) is 24.3 Å². The second kappa shape index (κ2) is 8.47. The van der Waals surface area contributed by atoms with Crippen LogP contribution in [0.2, 0.25) is 0 Å². The van der Waals surface area contributed by atoms with Gasteiger partial charge in [0.05, 0.1) is 17.3 Å². The van der Waals surface area contributed by atoms with E-state index in [1.807, 2.05) is 32.0 Å². The fourth-order valence-electron chi connectivity index (χ4n) is 2.83. The van der Waals surface area contributed by atoms with Gasteiger partial charge in [0.15, 0.2) is 6.61 Å². The highest BCUT2D eigenvalue weighted by atomic mass is 16.5. The minimum Gasteiger partial charge on any atom is -0.456 e. The van der Waals surface area contributed by atoms with Crippen molar-refractivity contribution in [3.63, 3.8) is 0 Å². The lowest BCUT2D eigenvalue weighted by Crippen LogP contribution is -2.21. The molecule has 0 unspecified atom stereocenters. The summed E-state index contributed by atoms with van der Waals surface area (Å²) in [6.07, 6.45) is 0.232. The molecule has 1 aromatic heterocycles. The third-order valence-corrected chi connectivity index (χ3v) is 4.25. The topological polar surface area (TPSA) is 101 Å². The van der Waals surface area contributed by atoms with Crippen molar-refractivity contribution in [3.8, 4) is 0 Å². The SMILES string of the molecule is Cc1ccc(NC(=O)COC(=O)CCc2nc3ccccc3c(=O)[nH]2)c(C)c1. The van der Waals surface area contributed by atoms with E-state index in [0.29, 0.717) is 22.4 Å². The summed E-state index contributed by atoms with van der Waals surface area (Å²) in [5.41, 5.74) is 3.04. The average Bonchev–Trinajstić information content (AvgIpc) is 2.67. The van der Waals surface area contributed by atoms with Crippen LogP contribution >= 0.6 is 0 Å². The number of nitrogens with one attached hydrogen (secondary N) is 2. The monoisotopic (exact) mass is 379 g/mol. The molecule has 0 saturated carbocycles. The maximum Gasteiger partial charge on any atom is 0.306 e. The Bertz CT molecular complexity index is 1090. The molecule has 0 bridgehead atoms. The van der Waals surface area contributed by atoms with Crippen LogP contribution in [0.1, 0.15) is 23.4 Å². The molecule has 3 aromatic rings. The minimum absolute atomic E-state index is 0.0120. The summed E-state index contributed by atoms with van der Waals surface area (Å²) < 4.78 is 5.01. The number of aromatic amines is 1. The number of aromatic nitrogens is 2. The fraction of sp³-hybridized carbons (Fsp3) is 0.238. The zero-order chi connectivity index (χ0) is 20.1. The molecule has 0 fully saturated rings. The van der Waals surface area contributed by atoms with Crippen molar-refractivity contribution < 1.29 is 14.3 Å². The van der Waals surface area contributed by atoms with Gasteiger partial charge in [-0.25, -0.2) is 4.98 Å². The molecule has 2 N–H and O–H groups in total. The van der Waals surface area contributed by atoms with Crippen molar-refractivity contribution in [2.24, 2.45) is 0 Å². The van der Waals surface area contributed by atoms with Crippen molar-refractivity contribution in [3.05, 3.63) is 69.8 Å². The number of benzene rings is 2. The lowest BCUT2D eigenvalue weighted by molar-refractivity contribution is -0.147. The minimum atomic E-state index is -0.536. The molecule has 0 spiro atoms. The van der Waals surface area contributed by atoms with E-state index in [0.717, 1.165) is 11.1 Å². The quantitative estimate of drug-likeness (QED) is 0.641. The smallest absolute Gasteiger partial charge is 0.306 e. The Morgan fingerprint density at radius 3 is 2.71 bits per heavy atom. The molecule has 7 heteroatoms. The first-order valence-corrected chi connectivity index (χ1v) is 8.93. The molecular weight excluding hydrogens is 358 g/mol. The highest BCUT2D eigenvalue weighted by molar-refractivity contribution is 5.93. The van der Waals surface area contributed by atoms with Crippen molar-refractivity contribution in [1.82, 2.24) is 9.97 Å². The second-order valence-electron chi connectivity index (χ2n) is 6.56. The van der Waals surface area contributed by atoms with Crippen molar-refractivity contribution in [2.45, 2.75) is 26.7 Å². The predicted octanol–water partition coefficient (Wildman–Crippen LogP) is 2.65. The number of hydrogen-bond donors (Lipinski definition) is 2. The van der Waals surface area contributed by atoms with Gasteiger partial charge < -0.3 is 15.0 Å². The first-order valence-electron chi connectivity index (χ1n) is 8.93. The van der Waals surface area contributed by atoms with Crippen LogP contribution in [0.3, 0.4) is 0 Å². The van der Waals surface area contributed by atoms with E-state index in [4.69, 9.17) is 4.74 Å². The Morgan fingerprint density at radius 1 is 1.14 bits per heavy atom. The lowest BCUT2D eigenvalue weighted by Gasteiger charge is -2.09. The number of H-pyrrole nitrogens is 1. The number of nitrogens with zero attached hydrogens (tertiary/aromatic N) is 1. The van der Waals surface area contributed by atoms with Crippen LogP contribution in [-0.4, -0.2) is 28.5 Å². The summed E-state index contributed by atoms with van der Waals surface area (Å²) >= 11 is 0. The predicted molar refractivity (Wildman–Crippen MR) is 106 cm³/mol. The van der Waals surface area contributed by atoms with Crippen LogP contribution in [0.15, 0.2) is 47.3 Å².